The summed E-state index contributed by atoms with van der Waals surface area (Å²) in [7, 11) is 0. The molecule has 1 aromatic heterocycles. The molecule has 0 amide bonds. The number of hydrogen-bond donors (Lipinski definition) is 2. The highest BCUT2D eigenvalue weighted by Gasteiger charge is 2.21. The molecule has 3 N–H and O–H groups in total. The van der Waals surface area contributed by atoms with E-state index in [1.54, 1.807) is 6.21 Å². The van der Waals surface area contributed by atoms with E-state index in [2.05, 4.69) is 38.4 Å². The number of hydrazone groups is 1. The minimum absolute atomic E-state index is 0.152. The molecule has 2 heterocycles. The van der Waals surface area contributed by atoms with E-state index in [1.807, 2.05) is 0 Å². The average Bonchev–Trinajstić information content (AvgIpc) is 2.97. The second-order valence-electron chi connectivity index (χ2n) is 4.65. The number of hydrogen-bond acceptors (Lipinski definition) is 7. The lowest BCUT2D eigenvalue weighted by molar-refractivity contribution is 0.926. The van der Waals surface area contributed by atoms with Gasteiger partial charge in [-0.15, -0.1) is 0 Å². The van der Waals surface area contributed by atoms with Crippen LogP contribution in [-0.2, 0) is 0 Å². The second kappa shape index (κ2) is 6.70. The summed E-state index contributed by atoms with van der Waals surface area (Å²) in [6.45, 7) is 3.86. The molecule has 1 aliphatic rings. The van der Waals surface area contributed by atoms with Crippen molar-refractivity contribution in [3.05, 3.63) is 5.56 Å². The van der Waals surface area contributed by atoms with Gasteiger partial charge >= 0.3 is 0 Å². The van der Waals surface area contributed by atoms with Crippen LogP contribution in [0.3, 0.4) is 0 Å². The van der Waals surface area contributed by atoms with E-state index < -0.39 is 0 Å². The third-order valence-corrected chi connectivity index (χ3v) is 3.10. The van der Waals surface area contributed by atoms with Crippen molar-refractivity contribution in [2.24, 2.45) is 5.10 Å². The number of nitrogen functional groups attached to an aromatic ring is 1. The lowest BCUT2D eigenvalue weighted by Crippen LogP contribution is -2.22. The predicted octanol–water partition coefficient (Wildman–Crippen LogP) is 1.73. The predicted molar refractivity (Wildman–Crippen MR) is 79.6 cm³/mol. The van der Waals surface area contributed by atoms with Gasteiger partial charge in [-0.3, -0.25) is 5.43 Å². The van der Waals surface area contributed by atoms with Crippen molar-refractivity contribution >= 4 is 23.8 Å². The summed E-state index contributed by atoms with van der Waals surface area (Å²) in [5, 5.41) is 13.4. The first-order valence-electron chi connectivity index (χ1n) is 6.86. The van der Waals surface area contributed by atoms with Gasteiger partial charge in [-0.2, -0.15) is 20.3 Å². The van der Waals surface area contributed by atoms with Crippen molar-refractivity contribution in [3.63, 3.8) is 0 Å². The van der Waals surface area contributed by atoms with Gasteiger partial charge in [0.05, 0.1) is 0 Å². The summed E-state index contributed by atoms with van der Waals surface area (Å²) >= 11 is 0. The number of aromatic nitrogens is 2. The Bertz CT molecular complexity index is 526. The topological polar surface area (TPSA) is 103 Å². The third kappa shape index (κ3) is 3.15. The van der Waals surface area contributed by atoms with Crippen molar-refractivity contribution in [2.45, 2.75) is 32.6 Å². The molecule has 2 rings (SSSR count). The first-order valence-corrected chi connectivity index (χ1v) is 6.86. The number of unbranched alkanes of at least 4 members (excludes halogenated alkanes) is 1. The van der Waals surface area contributed by atoms with E-state index in [4.69, 9.17) is 5.73 Å². The van der Waals surface area contributed by atoms with Crippen LogP contribution >= 0.6 is 0 Å². The van der Waals surface area contributed by atoms with Crippen molar-refractivity contribution in [3.8, 4) is 6.07 Å². The number of nitriles is 1. The average molecular weight is 273 g/mol. The summed E-state index contributed by atoms with van der Waals surface area (Å²) in [5.74, 6) is 1.12. The molecule has 0 atom stereocenters. The molecule has 7 heteroatoms. The maximum absolute atomic E-state index is 9.36. The van der Waals surface area contributed by atoms with Crippen molar-refractivity contribution in [1.82, 2.24) is 9.97 Å². The standard InChI is InChI=1S/C13H19N7/c1-2-3-6-16-19-11-10(9-14)12(18-13(15)17-11)20-7-4-5-8-20/h6H,2-5,7-8H2,1H3,(H3,15,17,18,19)/b16-6+. The van der Waals surface area contributed by atoms with E-state index in [9.17, 15) is 5.26 Å². The normalized spacial score (nSPS) is 14.7. The molecule has 0 aromatic carbocycles. The largest absolute Gasteiger partial charge is 0.368 e. The Morgan fingerprint density at radius 1 is 1.45 bits per heavy atom. The van der Waals surface area contributed by atoms with Crippen LogP contribution in [0.2, 0.25) is 0 Å². The molecule has 106 valence electrons. The maximum atomic E-state index is 9.36. The number of rotatable bonds is 5. The quantitative estimate of drug-likeness (QED) is 0.625. The van der Waals surface area contributed by atoms with Crippen molar-refractivity contribution in [2.75, 3.05) is 29.1 Å². The summed E-state index contributed by atoms with van der Waals surface area (Å²) in [6, 6.07) is 2.15. The fourth-order valence-electron chi connectivity index (χ4n) is 2.11. The highest BCUT2D eigenvalue weighted by Crippen LogP contribution is 2.27. The Morgan fingerprint density at radius 2 is 2.20 bits per heavy atom. The molecule has 7 nitrogen and oxygen atoms in total. The van der Waals surface area contributed by atoms with Gasteiger partial charge in [-0.1, -0.05) is 13.3 Å². The Hall–Kier alpha value is -2.36. The molecule has 20 heavy (non-hydrogen) atoms. The smallest absolute Gasteiger partial charge is 0.224 e. The van der Waals surface area contributed by atoms with Gasteiger partial charge < -0.3 is 10.6 Å². The van der Waals surface area contributed by atoms with E-state index >= 15 is 0 Å². The minimum Gasteiger partial charge on any atom is -0.368 e. The molecular formula is C13H19N7. The zero-order valence-corrected chi connectivity index (χ0v) is 11.6. The lowest BCUT2D eigenvalue weighted by Gasteiger charge is -2.18. The Balaban J connectivity index is 2.28. The Labute approximate surface area is 118 Å². The lowest BCUT2D eigenvalue weighted by atomic mass is 10.3. The molecule has 1 saturated heterocycles. The van der Waals surface area contributed by atoms with Gasteiger partial charge in [-0.25, -0.2) is 0 Å². The van der Waals surface area contributed by atoms with Crippen LogP contribution in [0.15, 0.2) is 5.10 Å². The van der Waals surface area contributed by atoms with Crippen LogP contribution in [0.5, 0.6) is 0 Å². The molecule has 0 unspecified atom stereocenters. The SMILES string of the molecule is CCC/C=N/Nc1nc(N)nc(N2CCCC2)c1C#N. The first kappa shape index (κ1) is 14.1. The van der Waals surface area contributed by atoms with Crippen LogP contribution in [0, 0.1) is 11.3 Å². The Morgan fingerprint density at radius 3 is 2.85 bits per heavy atom. The second-order valence-corrected chi connectivity index (χ2v) is 4.65. The van der Waals surface area contributed by atoms with Gasteiger partial charge in [0.2, 0.25) is 5.95 Å². The van der Waals surface area contributed by atoms with Crippen LogP contribution in [0.4, 0.5) is 17.6 Å². The molecule has 1 fully saturated rings. The third-order valence-electron chi connectivity index (χ3n) is 3.10. The van der Waals surface area contributed by atoms with E-state index in [0.29, 0.717) is 17.2 Å². The number of nitrogens with two attached hydrogens (primary N) is 1. The van der Waals surface area contributed by atoms with Crippen molar-refractivity contribution < 1.29 is 0 Å². The fraction of sp³-hybridized carbons (Fsp3) is 0.538. The first-order chi connectivity index (χ1) is 9.76. The van der Waals surface area contributed by atoms with Crippen LogP contribution < -0.4 is 16.1 Å². The molecule has 0 spiro atoms. The Kier molecular flexibility index (Phi) is 4.71. The molecular weight excluding hydrogens is 254 g/mol. The highest BCUT2D eigenvalue weighted by molar-refractivity contribution is 5.68. The van der Waals surface area contributed by atoms with E-state index in [0.717, 1.165) is 38.8 Å². The van der Waals surface area contributed by atoms with E-state index in [1.165, 1.54) is 0 Å². The van der Waals surface area contributed by atoms with Gasteiger partial charge in [-0.05, 0) is 19.3 Å². The van der Waals surface area contributed by atoms with E-state index in [-0.39, 0.29) is 5.95 Å². The van der Waals surface area contributed by atoms with Crippen molar-refractivity contribution in [1.29, 1.82) is 5.26 Å². The monoisotopic (exact) mass is 273 g/mol. The van der Waals surface area contributed by atoms with Crippen LogP contribution in [0.1, 0.15) is 38.2 Å². The molecule has 1 aromatic rings. The van der Waals surface area contributed by atoms with Gasteiger partial charge in [0.25, 0.3) is 0 Å². The number of nitrogens with zero attached hydrogens (tertiary/aromatic N) is 5. The van der Waals surface area contributed by atoms with Crippen LogP contribution in [0.25, 0.3) is 0 Å². The minimum atomic E-state index is 0.152. The molecule has 0 aliphatic carbocycles. The molecule has 1 aliphatic heterocycles. The molecule has 0 radical (unpaired) electrons. The summed E-state index contributed by atoms with van der Waals surface area (Å²) in [4.78, 5) is 10.3. The van der Waals surface area contributed by atoms with Gasteiger partial charge in [0.1, 0.15) is 11.6 Å². The zero-order chi connectivity index (χ0) is 14.4. The fourth-order valence-corrected chi connectivity index (χ4v) is 2.11. The van der Waals surface area contributed by atoms with Gasteiger partial charge in [0, 0.05) is 19.3 Å². The van der Waals surface area contributed by atoms with Gasteiger partial charge in [0.15, 0.2) is 11.6 Å². The highest BCUT2D eigenvalue weighted by atomic mass is 15.3. The number of nitrogens with one attached hydrogen (secondary N) is 1. The number of anilines is 3. The summed E-state index contributed by atoms with van der Waals surface area (Å²) in [5.41, 5.74) is 8.92. The summed E-state index contributed by atoms with van der Waals surface area (Å²) in [6.07, 6.45) is 5.85. The zero-order valence-electron chi connectivity index (χ0n) is 11.6. The molecule has 0 saturated carbocycles. The van der Waals surface area contributed by atoms with Crippen LogP contribution in [-0.4, -0.2) is 29.3 Å². The molecule has 0 bridgehead atoms. The summed E-state index contributed by atoms with van der Waals surface area (Å²) < 4.78 is 0. The maximum Gasteiger partial charge on any atom is 0.224 e.